The molecule has 0 saturated carbocycles. The van der Waals surface area contributed by atoms with Crippen LogP contribution < -0.4 is 0 Å². The molecule has 0 N–H and O–H groups in total. The van der Waals surface area contributed by atoms with Gasteiger partial charge in [-0.25, -0.2) is 9.78 Å². The van der Waals surface area contributed by atoms with E-state index in [0.29, 0.717) is 0 Å². The maximum atomic E-state index is 6.71. The van der Waals surface area contributed by atoms with E-state index in [-0.39, 0.29) is 22.7 Å². The molecule has 0 saturated heterocycles. The summed E-state index contributed by atoms with van der Waals surface area (Å²) in [7, 11) is 0. The van der Waals surface area contributed by atoms with Crippen LogP contribution in [0.3, 0.4) is 0 Å². The van der Waals surface area contributed by atoms with Crippen molar-refractivity contribution in [2.24, 2.45) is 22.7 Å². The fourth-order valence-electron chi connectivity index (χ4n) is 6.31. The zero-order chi connectivity index (χ0) is 25.9. The Morgan fingerprint density at radius 1 is 0.559 bits per heavy atom. The summed E-state index contributed by atoms with van der Waals surface area (Å²) < 4.78 is 0. The Kier molecular flexibility index (Phi) is 8.44. The summed E-state index contributed by atoms with van der Waals surface area (Å²) in [5, 5.41) is 0. The molecule has 2 nitrogen and oxygen atoms in total. The maximum Gasteiger partial charge on any atom is 0.133 e. The summed E-state index contributed by atoms with van der Waals surface area (Å²) >= 11 is 0. The lowest BCUT2D eigenvalue weighted by molar-refractivity contribution is -0.438. The lowest BCUT2D eigenvalue weighted by Gasteiger charge is -2.49. The molecule has 0 heterocycles. The second-order valence-electron chi connectivity index (χ2n) is 12.4. The van der Waals surface area contributed by atoms with E-state index in [1.165, 1.54) is 0 Å². The van der Waals surface area contributed by atoms with Crippen molar-refractivity contribution in [3.8, 4) is 0 Å². The van der Waals surface area contributed by atoms with E-state index in [9.17, 15) is 0 Å². The Morgan fingerprint density at radius 2 is 0.824 bits per heavy atom. The van der Waals surface area contributed by atoms with E-state index < -0.39 is 11.2 Å². The van der Waals surface area contributed by atoms with E-state index in [2.05, 4.69) is 131 Å². The van der Waals surface area contributed by atoms with Gasteiger partial charge in [-0.15, -0.1) is 0 Å². The highest BCUT2D eigenvalue weighted by molar-refractivity contribution is 5.29. The topological polar surface area (TPSA) is 18.5 Å². The number of hydrogen-bond acceptors (Lipinski definition) is 2. The molecule has 4 unspecified atom stereocenters. The predicted octanol–water partition coefficient (Wildman–Crippen LogP) is 9.24. The smallest absolute Gasteiger partial charge is 0.133 e. The molecule has 0 amide bonds. The monoisotopic (exact) mass is 462 g/mol. The van der Waals surface area contributed by atoms with Gasteiger partial charge in [0.05, 0.1) is 0 Å². The number of benzene rings is 2. The summed E-state index contributed by atoms with van der Waals surface area (Å²) in [6, 6.07) is 20.7. The maximum absolute atomic E-state index is 6.71. The number of hydrogen-bond donors (Lipinski definition) is 0. The fourth-order valence-corrected chi connectivity index (χ4v) is 6.31. The Bertz CT molecular complexity index is 880. The third kappa shape index (κ3) is 5.90. The quantitative estimate of drug-likeness (QED) is 0.210. The molecule has 0 aromatic heterocycles. The van der Waals surface area contributed by atoms with Crippen LogP contribution in [0.5, 0.6) is 0 Å². The van der Waals surface area contributed by atoms with Gasteiger partial charge in [-0.2, -0.15) is 0 Å². The molecule has 2 rings (SSSR count). The fraction of sp³-hybridized carbons (Fsp3) is 0.500. The van der Waals surface area contributed by atoms with Gasteiger partial charge in [-0.1, -0.05) is 127 Å². The Labute approximate surface area is 209 Å². The van der Waals surface area contributed by atoms with E-state index in [4.69, 9.17) is 9.78 Å². The van der Waals surface area contributed by atoms with Crippen molar-refractivity contribution in [3.05, 3.63) is 96.1 Å². The lowest BCUT2D eigenvalue weighted by Crippen LogP contribution is -2.48. The first-order valence-corrected chi connectivity index (χ1v) is 12.3. The standard InChI is InChI=1S/C32H46O2/c1-23(2)27(29(5,6)7)31(11,25-19-15-13-16-20-25)33-34-32(12,26-21-17-14-18-22-26)28(24(3)4)30(8,9)10/h13-22,27-28H,1,3H2,2,4-12H3. The highest BCUT2D eigenvalue weighted by Gasteiger charge is 2.50. The van der Waals surface area contributed by atoms with Crippen LogP contribution in [0.4, 0.5) is 0 Å². The molecule has 0 bridgehead atoms. The third-order valence-electron chi connectivity index (χ3n) is 6.90. The molecule has 186 valence electrons. The van der Waals surface area contributed by atoms with E-state index >= 15 is 0 Å². The molecule has 2 aromatic rings. The van der Waals surface area contributed by atoms with Crippen LogP contribution in [0.2, 0.25) is 0 Å². The molecular weight excluding hydrogens is 416 g/mol. The van der Waals surface area contributed by atoms with Gasteiger partial charge >= 0.3 is 0 Å². The van der Waals surface area contributed by atoms with Gasteiger partial charge in [-0.05, 0) is 49.7 Å². The minimum absolute atomic E-state index is 0.0142. The summed E-state index contributed by atoms with van der Waals surface area (Å²) in [6.07, 6.45) is 0. The van der Waals surface area contributed by atoms with Crippen LogP contribution in [-0.2, 0) is 21.0 Å². The van der Waals surface area contributed by atoms with Crippen molar-refractivity contribution in [3.63, 3.8) is 0 Å². The van der Waals surface area contributed by atoms with E-state index in [0.717, 1.165) is 22.3 Å². The molecule has 2 heteroatoms. The molecule has 4 atom stereocenters. The number of rotatable bonds is 9. The van der Waals surface area contributed by atoms with Gasteiger partial charge in [0, 0.05) is 11.8 Å². The second kappa shape index (κ2) is 10.2. The van der Waals surface area contributed by atoms with Crippen molar-refractivity contribution in [2.75, 3.05) is 0 Å². The van der Waals surface area contributed by atoms with Crippen LogP contribution in [0.15, 0.2) is 85.0 Å². The normalized spacial score (nSPS) is 17.8. The molecule has 0 fully saturated rings. The summed E-state index contributed by atoms with van der Waals surface area (Å²) in [6.45, 7) is 30.6. The van der Waals surface area contributed by atoms with Gasteiger partial charge in [-0.3, -0.25) is 0 Å². The largest absolute Gasteiger partial charge is 0.224 e. The minimum Gasteiger partial charge on any atom is -0.224 e. The van der Waals surface area contributed by atoms with E-state index in [1.54, 1.807) is 0 Å². The SMILES string of the molecule is C=C(C)C(C(C)(C)C)C(C)(OOC(C)(c1ccccc1)C(C(=C)C)C(C)(C)C)c1ccccc1. The molecule has 0 radical (unpaired) electrons. The lowest BCUT2D eigenvalue weighted by atomic mass is 9.65. The van der Waals surface area contributed by atoms with Crippen LogP contribution >= 0.6 is 0 Å². The van der Waals surface area contributed by atoms with Crippen LogP contribution in [-0.4, -0.2) is 0 Å². The van der Waals surface area contributed by atoms with Gasteiger partial charge in [0.1, 0.15) is 11.2 Å². The first-order chi connectivity index (χ1) is 15.5. The van der Waals surface area contributed by atoms with Crippen molar-refractivity contribution in [1.29, 1.82) is 0 Å². The zero-order valence-corrected chi connectivity index (χ0v) is 23.2. The first-order valence-electron chi connectivity index (χ1n) is 12.3. The predicted molar refractivity (Wildman–Crippen MR) is 145 cm³/mol. The molecule has 0 aliphatic heterocycles. The molecule has 34 heavy (non-hydrogen) atoms. The van der Waals surface area contributed by atoms with Crippen LogP contribution in [0.25, 0.3) is 0 Å². The van der Waals surface area contributed by atoms with Gasteiger partial charge < -0.3 is 0 Å². The Hall–Kier alpha value is -2.16. The first kappa shape index (κ1) is 28.1. The van der Waals surface area contributed by atoms with Crippen molar-refractivity contribution >= 4 is 0 Å². The van der Waals surface area contributed by atoms with Crippen molar-refractivity contribution in [2.45, 2.75) is 80.4 Å². The Morgan fingerprint density at radius 3 is 1.03 bits per heavy atom. The van der Waals surface area contributed by atoms with Crippen LogP contribution in [0, 0.1) is 22.7 Å². The third-order valence-corrected chi connectivity index (χ3v) is 6.90. The van der Waals surface area contributed by atoms with Gasteiger partial charge in [0.2, 0.25) is 0 Å². The summed E-state index contributed by atoms with van der Waals surface area (Å²) in [4.78, 5) is 13.4. The van der Waals surface area contributed by atoms with Gasteiger partial charge in [0.15, 0.2) is 0 Å². The second-order valence-corrected chi connectivity index (χ2v) is 12.4. The molecule has 0 aliphatic rings. The zero-order valence-electron chi connectivity index (χ0n) is 23.2. The molecule has 2 aromatic carbocycles. The molecular formula is C32H46O2. The molecule has 0 spiro atoms. The molecule has 0 aliphatic carbocycles. The summed E-state index contributed by atoms with van der Waals surface area (Å²) in [5.41, 5.74) is 2.57. The Balaban J connectivity index is 2.69. The highest BCUT2D eigenvalue weighted by atomic mass is 17.2. The van der Waals surface area contributed by atoms with Gasteiger partial charge in [0.25, 0.3) is 0 Å². The van der Waals surface area contributed by atoms with Crippen LogP contribution in [0.1, 0.15) is 80.4 Å². The van der Waals surface area contributed by atoms with E-state index in [1.807, 2.05) is 12.1 Å². The average Bonchev–Trinajstić information content (AvgIpc) is 2.71. The average molecular weight is 463 g/mol. The summed E-state index contributed by atoms with van der Waals surface area (Å²) in [5.74, 6) is 0.0284. The minimum atomic E-state index is -0.751. The van der Waals surface area contributed by atoms with Crippen molar-refractivity contribution < 1.29 is 9.78 Å². The van der Waals surface area contributed by atoms with Crippen molar-refractivity contribution in [1.82, 2.24) is 0 Å². The highest BCUT2D eigenvalue weighted by Crippen LogP contribution is 2.51.